The third-order valence-corrected chi connectivity index (χ3v) is 4.13. The quantitative estimate of drug-likeness (QED) is 0.791. The van der Waals surface area contributed by atoms with Crippen molar-refractivity contribution in [3.8, 4) is 0 Å². The van der Waals surface area contributed by atoms with Gasteiger partial charge in [-0.05, 0) is 58.0 Å². The molecule has 0 aliphatic rings. The van der Waals surface area contributed by atoms with Crippen LogP contribution in [0, 0.1) is 13.8 Å². The lowest BCUT2D eigenvalue weighted by atomic mass is 10.1. The van der Waals surface area contributed by atoms with E-state index in [1.807, 2.05) is 44.2 Å². The lowest BCUT2D eigenvalue weighted by Gasteiger charge is -2.13. The zero-order chi connectivity index (χ0) is 15.6. The van der Waals surface area contributed by atoms with Gasteiger partial charge in [-0.25, -0.2) is 0 Å². The molecule has 1 N–H and O–H groups in total. The highest BCUT2D eigenvalue weighted by molar-refractivity contribution is 9.10. The predicted octanol–water partition coefficient (Wildman–Crippen LogP) is 4.74. The van der Waals surface area contributed by atoms with Crippen LogP contribution in [0.25, 0.3) is 0 Å². The predicted molar refractivity (Wildman–Crippen MR) is 91.3 cm³/mol. The van der Waals surface area contributed by atoms with Gasteiger partial charge in [0.1, 0.15) is 0 Å². The van der Waals surface area contributed by atoms with E-state index in [0.717, 1.165) is 27.1 Å². The molecule has 1 heterocycles. The van der Waals surface area contributed by atoms with Crippen LogP contribution in [0.2, 0.25) is 0 Å². The van der Waals surface area contributed by atoms with Crippen LogP contribution < -0.4 is 5.32 Å². The fraction of sp³-hybridized carbons (Fsp3) is 0.353. The minimum Gasteiger partial charge on any atom is -0.378 e. The summed E-state index contributed by atoms with van der Waals surface area (Å²) in [4.78, 5) is 12.4. The van der Waals surface area contributed by atoms with Gasteiger partial charge in [-0.2, -0.15) is 0 Å². The van der Waals surface area contributed by atoms with Crippen molar-refractivity contribution < 1.29 is 4.79 Å². The standard InChI is InChI=1S/C17H21BrN2O/c1-11(2)20-12(3)9-16(13(20)4)17(21)10-19-15-7-5-14(18)6-8-15/h5-9,11,19H,10H2,1-4H3. The molecule has 2 rings (SSSR count). The van der Waals surface area contributed by atoms with E-state index in [9.17, 15) is 4.79 Å². The Morgan fingerprint density at radius 3 is 2.38 bits per heavy atom. The Balaban J connectivity index is 2.10. The van der Waals surface area contributed by atoms with Gasteiger partial charge in [0.25, 0.3) is 0 Å². The molecule has 1 aromatic heterocycles. The number of carbonyl (C=O) groups excluding carboxylic acids is 1. The maximum Gasteiger partial charge on any atom is 0.183 e. The zero-order valence-electron chi connectivity index (χ0n) is 12.9. The van der Waals surface area contributed by atoms with E-state index in [-0.39, 0.29) is 5.78 Å². The molecule has 0 fully saturated rings. The maximum atomic E-state index is 12.4. The van der Waals surface area contributed by atoms with Crippen molar-refractivity contribution in [3.05, 3.63) is 51.8 Å². The fourth-order valence-corrected chi connectivity index (χ4v) is 2.96. The highest BCUT2D eigenvalue weighted by Crippen LogP contribution is 2.21. The summed E-state index contributed by atoms with van der Waals surface area (Å²) in [6.07, 6.45) is 0. The first kappa shape index (κ1) is 15.8. The molecule has 3 nitrogen and oxygen atoms in total. The molecular formula is C17H21BrN2O. The third kappa shape index (κ3) is 3.56. The molecule has 21 heavy (non-hydrogen) atoms. The van der Waals surface area contributed by atoms with Gasteiger partial charge in [0.15, 0.2) is 5.78 Å². The second kappa shape index (κ2) is 6.48. The number of halogens is 1. The molecule has 112 valence electrons. The zero-order valence-corrected chi connectivity index (χ0v) is 14.5. The number of anilines is 1. The number of rotatable bonds is 5. The molecule has 0 bridgehead atoms. The largest absolute Gasteiger partial charge is 0.378 e. The summed E-state index contributed by atoms with van der Waals surface area (Å²) < 4.78 is 3.23. The van der Waals surface area contributed by atoms with Crippen LogP contribution in [-0.4, -0.2) is 16.9 Å². The number of carbonyl (C=O) groups is 1. The number of nitrogens with zero attached hydrogens (tertiary/aromatic N) is 1. The Hall–Kier alpha value is -1.55. The molecule has 0 aliphatic carbocycles. The molecule has 0 aliphatic heterocycles. The minimum absolute atomic E-state index is 0.123. The SMILES string of the molecule is Cc1cc(C(=O)CNc2ccc(Br)cc2)c(C)n1C(C)C. The Morgan fingerprint density at radius 2 is 1.86 bits per heavy atom. The molecule has 0 atom stereocenters. The highest BCUT2D eigenvalue weighted by atomic mass is 79.9. The van der Waals surface area contributed by atoms with Gasteiger partial charge in [-0.1, -0.05) is 15.9 Å². The Bertz CT molecular complexity index is 642. The summed E-state index contributed by atoms with van der Waals surface area (Å²) in [7, 11) is 0. The molecule has 0 radical (unpaired) electrons. The van der Waals surface area contributed by atoms with Crippen LogP contribution in [0.3, 0.4) is 0 Å². The molecule has 0 saturated carbocycles. The number of nitrogens with one attached hydrogen (secondary N) is 1. The van der Waals surface area contributed by atoms with Gasteiger partial charge in [-0.15, -0.1) is 0 Å². The number of aromatic nitrogens is 1. The van der Waals surface area contributed by atoms with E-state index >= 15 is 0 Å². The van der Waals surface area contributed by atoms with Crippen molar-refractivity contribution in [1.82, 2.24) is 4.57 Å². The smallest absolute Gasteiger partial charge is 0.183 e. The van der Waals surface area contributed by atoms with Gasteiger partial charge in [-0.3, -0.25) is 4.79 Å². The van der Waals surface area contributed by atoms with E-state index < -0.39 is 0 Å². The minimum atomic E-state index is 0.123. The number of Topliss-reactive ketones (excluding diaryl/α,β-unsaturated/α-hetero) is 1. The number of ketones is 1. The Labute approximate surface area is 134 Å². The van der Waals surface area contributed by atoms with E-state index in [1.54, 1.807) is 0 Å². The number of benzene rings is 1. The average Bonchev–Trinajstić information content (AvgIpc) is 2.73. The van der Waals surface area contributed by atoms with Gasteiger partial charge < -0.3 is 9.88 Å². The monoisotopic (exact) mass is 348 g/mol. The Kier molecular flexibility index (Phi) is 4.88. The van der Waals surface area contributed by atoms with Crippen molar-refractivity contribution in [2.45, 2.75) is 33.7 Å². The molecule has 0 amide bonds. The normalized spacial score (nSPS) is 11.0. The second-order valence-corrected chi connectivity index (χ2v) is 6.45. The summed E-state index contributed by atoms with van der Waals surface area (Å²) >= 11 is 3.40. The second-order valence-electron chi connectivity index (χ2n) is 5.53. The molecule has 0 spiro atoms. The third-order valence-electron chi connectivity index (χ3n) is 3.60. The molecular weight excluding hydrogens is 328 g/mol. The summed E-state index contributed by atoms with van der Waals surface area (Å²) in [5.41, 5.74) is 3.94. The molecule has 1 aromatic carbocycles. The Morgan fingerprint density at radius 1 is 1.24 bits per heavy atom. The van der Waals surface area contributed by atoms with Gasteiger partial charge in [0.2, 0.25) is 0 Å². The summed E-state index contributed by atoms with van der Waals surface area (Å²) in [5, 5.41) is 3.18. The average molecular weight is 349 g/mol. The summed E-state index contributed by atoms with van der Waals surface area (Å²) in [6.45, 7) is 8.64. The van der Waals surface area contributed by atoms with Crippen molar-refractivity contribution in [1.29, 1.82) is 0 Å². The van der Waals surface area contributed by atoms with Crippen molar-refractivity contribution in [2.24, 2.45) is 0 Å². The van der Waals surface area contributed by atoms with Crippen LogP contribution in [-0.2, 0) is 0 Å². The van der Waals surface area contributed by atoms with Gasteiger partial charge in [0, 0.05) is 33.2 Å². The lowest BCUT2D eigenvalue weighted by molar-refractivity contribution is 0.101. The van der Waals surface area contributed by atoms with Crippen LogP contribution in [0.15, 0.2) is 34.8 Å². The topological polar surface area (TPSA) is 34.0 Å². The maximum absolute atomic E-state index is 12.4. The summed E-state index contributed by atoms with van der Waals surface area (Å²) in [5.74, 6) is 0.123. The van der Waals surface area contributed by atoms with Crippen molar-refractivity contribution in [3.63, 3.8) is 0 Å². The first-order valence-corrected chi connectivity index (χ1v) is 7.90. The fourth-order valence-electron chi connectivity index (χ4n) is 2.70. The van der Waals surface area contributed by atoms with Crippen LogP contribution >= 0.6 is 15.9 Å². The first-order valence-electron chi connectivity index (χ1n) is 7.11. The molecule has 4 heteroatoms. The van der Waals surface area contributed by atoms with E-state index in [4.69, 9.17) is 0 Å². The van der Waals surface area contributed by atoms with Gasteiger partial charge >= 0.3 is 0 Å². The lowest BCUT2D eigenvalue weighted by Crippen LogP contribution is -2.15. The number of hydrogen-bond acceptors (Lipinski definition) is 2. The van der Waals surface area contributed by atoms with Crippen molar-refractivity contribution >= 4 is 27.4 Å². The first-order chi connectivity index (χ1) is 9.90. The van der Waals surface area contributed by atoms with Crippen molar-refractivity contribution in [2.75, 3.05) is 11.9 Å². The van der Waals surface area contributed by atoms with E-state index in [1.165, 1.54) is 0 Å². The molecule has 2 aromatic rings. The number of aryl methyl sites for hydroxylation is 1. The molecule has 0 unspecified atom stereocenters. The van der Waals surface area contributed by atoms with E-state index in [2.05, 4.69) is 39.7 Å². The molecule has 0 saturated heterocycles. The van der Waals surface area contributed by atoms with Crippen LogP contribution in [0.1, 0.15) is 41.6 Å². The summed E-state index contributed by atoms with van der Waals surface area (Å²) in [6, 6.07) is 10.2. The van der Waals surface area contributed by atoms with E-state index in [0.29, 0.717) is 12.6 Å². The number of hydrogen-bond donors (Lipinski definition) is 1. The van der Waals surface area contributed by atoms with Crippen LogP contribution in [0.5, 0.6) is 0 Å². The highest BCUT2D eigenvalue weighted by Gasteiger charge is 2.16. The van der Waals surface area contributed by atoms with Crippen LogP contribution in [0.4, 0.5) is 5.69 Å². The van der Waals surface area contributed by atoms with Gasteiger partial charge in [0.05, 0.1) is 6.54 Å².